The summed E-state index contributed by atoms with van der Waals surface area (Å²) in [7, 11) is 1.69. The largest absolute Gasteiger partial charge is 0.497 e. The summed E-state index contributed by atoms with van der Waals surface area (Å²) in [6.07, 6.45) is 0. The van der Waals surface area contributed by atoms with E-state index in [-0.39, 0.29) is 6.61 Å². The van der Waals surface area contributed by atoms with Crippen LogP contribution in [0, 0.1) is 0 Å². The molecule has 3 nitrogen and oxygen atoms in total. The van der Waals surface area contributed by atoms with Gasteiger partial charge in [0.05, 0.1) is 13.7 Å². The predicted molar refractivity (Wildman–Crippen MR) is 105 cm³/mol. The van der Waals surface area contributed by atoms with Crippen molar-refractivity contribution in [3.8, 4) is 5.75 Å². The van der Waals surface area contributed by atoms with Crippen LogP contribution >= 0.6 is 0 Å². The van der Waals surface area contributed by atoms with E-state index < -0.39 is 0 Å². The van der Waals surface area contributed by atoms with Crippen LogP contribution in [0.3, 0.4) is 0 Å². The summed E-state index contributed by atoms with van der Waals surface area (Å²) in [5.41, 5.74) is 4.74. The first-order chi connectivity index (χ1) is 12.8. The molecule has 0 radical (unpaired) electrons. The Kier molecular flexibility index (Phi) is 6.42. The van der Waals surface area contributed by atoms with Crippen molar-refractivity contribution in [2.24, 2.45) is 0 Å². The van der Waals surface area contributed by atoms with Gasteiger partial charge in [0, 0.05) is 19.6 Å². The number of rotatable bonds is 8. The molecular weight excluding hydrogens is 322 g/mol. The number of hydrogen-bond donors (Lipinski definition) is 1. The van der Waals surface area contributed by atoms with Crippen LogP contribution in [0.15, 0.2) is 78.9 Å². The molecule has 0 aliphatic rings. The molecule has 0 saturated heterocycles. The van der Waals surface area contributed by atoms with Crippen LogP contribution in [0.1, 0.15) is 22.3 Å². The molecule has 3 aromatic rings. The van der Waals surface area contributed by atoms with Gasteiger partial charge in [-0.05, 0) is 34.4 Å². The summed E-state index contributed by atoms with van der Waals surface area (Å²) in [5, 5.41) is 9.22. The maximum atomic E-state index is 9.22. The Morgan fingerprint density at radius 2 is 1.12 bits per heavy atom. The Labute approximate surface area is 155 Å². The van der Waals surface area contributed by atoms with Crippen molar-refractivity contribution in [3.63, 3.8) is 0 Å². The second-order valence-electron chi connectivity index (χ2n) is 6.45. The lowest BCUT2D eigenvalue weighted by Gasteiger charge is -2.23. The topological polar surface area (TPSA) is 32.7 Å². The number of ether oxygens (including phenoxy) is 1. The zero-order chi connectivity index (χ0) is 18.2. The molecular formula is C23H25NO2. The molecule has 0 bridgehead atoms. The van der Waals surface area contributed by atoms with Gasteiger partial charge in [-0.3, -0.25) is 4.90 Å². The minimum atomic E-state index is 0.0832. The summed E-state index contributed by atoms with van der Waals surface area (Å²) in [5.74, 6) is 0.878. The lowest BCUT2D eigenvalue weighted by Crippen LogP contribution is -2.22. The minimum Gasteiger partial charge on any atom is -0.497 e. The number of aliphatic hydroxyl groups is 1. The van der Waals surface area contributed by atoms with Crippen molar-refractivity contribution >= 4 is 0 Å². The van der Waals surface area contributed by atoms with Crippen LogP contribution < -0.4 is 4.74 Å². The smallest absolute Gasteiger partial charge is 0.118 e. The molecule has 0 amide bonds. The van der Waals surface area contributed by atoms with Crippen molar-refractivity contribution in [3.05, 3.63) is 101 Å². The molecule has 134 valence electrons. The molecule has 0 aliphatic heterocycles. The third-order valence-corrected chi connectivity index (χ3v) is 4.43. The fourth-order valence-corrected chi connectivity index (χ4v) is 3.01. The standard InChI is InChI=1S/C23H25NO2/c1-26-23-13-11-21(12-14-23)17-24(15-19-5-3-2-4-6-19)16-20-7-9-22(18-25)10-8-20/h2-14,25H,15-18H2,1H3. The highest BCUT2D eigenvalue weighted by atomic mass is 16.5. The van der Waals surface area contributed by atoms with Gasteiger partial charge in [0.2, 0.25) is 0 Å². The fourth-order valence-electron chi connectivity index (χ4n) is 3.01. The van der Waals surface area contributed by atoms with E-state index in [1.54, 1.807) is 7.11 Å². The van der Waals surface area contributed by atoms with Gasteiger partial charge in [0.15, 0.2) is 0 Å². The summed E-state index contributed by atoms with van der Waals surface area (Å²) in [4.78, 5) is 2.42. The van der Waals surface area contributed by atoms with Gasteiger partial charge >= 0.3 is 0 Å². The first-order valence-corrected chi connectivity index (χ1v) is 8.84. The Morgan fingerprint density at radius 3 is 1.62 bits per heavy atom. The lowest BCUT2D eigenvalue weighted by molar-refractivity contribution is 0.247. The van der Waals surface area contributed by atoms with E-state index in [1.165, 1.54) is 16.7 Å². The fraction of sp³-hybridized carbons (Fsp3) is 0.217. The highest BCUT2D eigenvalue weighted by Gasteiger charge is 2.09. The molecule has 0 saturated carbocycles. The van der Waals surface area contributed by atoms with Gasteiger partial charge in [-0.25, -0.2) is 0 Å². The highest BCUT2D eigenvalue weighted by molar-refractivity contribution is 5.28. The number of nitrogens with zero attached hydrogens (tertiary/aromatic N) is 1. The van der Waals surface area contributed by atoms with Gasteiger partial charge < -0.3 is 9.84 Å². The number of hydrogen-bond acceptors (Lipinski definition) is 3. The van der Waals surface area contributed by atoms with E-state index in [9.17, 15) is 5.11 Å². The van der Waals surface area contributed by atoms with Gasteiger partial charge in [0.25, 0.3) is 0 Å². The van der Waals surface area contributed by atoms with Crippen LogP contribution in [0.5, 0.6) is 5.75 Å². The summed E-state index contributed by atoms with van der Waals surface area (Å²) >= 11 is 0. The molecule has 3 rings (SSSR count). The molecule has 0 aromatic heterocycles. The third-order valence-electron chi connectivity index (χ3n) is 4.43. The molecule has 3 aromatic carbocycles. The van der Waals surface area contributed by atoms with Crippen molar-refractivity contribution in [2.45, 2.75) is 26.2 Å². The Bertz CT molecular complexity index is 733. The minimum absolute atomic E-state index is 0.0832. The molecule has 0 spiro atoms. The number of methoxy groups -OCH3 is 1. The monoisotopic (exact) mass is 347 g/mol. The molecule has 0 heterocycles. The van der Waals surface area contributed by atoms with Crippen LogP contribution in [0.25, 0.3) is 0 Å². The number of benzene rings is 3. The SMILES string of the molecule is COc1ccc(CN(Cc2ccccc2)Cc2ccc(CO)cc2)cc1. The van der Waals surface area contributed by atoms with Crippen molar-refractivity contribution in [2.75, 3.05) is 7.11 Å². The Hall–Kier alpha value is -2.62. The lowest BCUT2D eigenvalue weighted by atomic mass is 10.1. The van der Waals surface area contributed by atoms with E-state index in [0.29, 0.717) is 0 Å². The average molecular weight is 347 g/mol. The molecule has 26 heavy (non-hydrogen) atoms. The first kappa shape index (κ1) is 18.2. The van der Waals surface area contributed by atoms with Gasteiger partial charge in [-0.15, -0.1) is 0 Å². The first-order valence-electron chi connectivity index (χ1n) is 8.84. The predicted octanol–water partition coefficient (Wildman–Crippen LogP) is 4.39. The average Bonchev–Trinajstić information content (AvgIpc) is 2.70. The van der Waals surface area contributed by atoms with Crippen molar-refractivity contribution < 1.29 is 9.84 Å². The zero-order valence-corrected chi connectivity index (χ0v) is 15.1. The third kappa shape index (κ3) is 5.19. The molecule has 3 heteroatoms. The highest BCUT2D eigenvalue weighted by Crippen LogP contribution is 2.17. The maximum Gasteiger partial charge on any atom is 0.118 e. The quantitative estimate of drug-likeness (QED) is 0.656. The van der Waals surface area contributed by atoms with Crippen LogP contribution in [0.2, 0.25) is 0 Å². The molecule has 0 atom stereocenters. The normalized spacial score (nSPS) is 10.9. The molecule has 0 aliphatic carbocycles. The Morgan fingerprint density at radius 1 is 0.654 bits per heavy atom. The van der Waals surface area contributed by atoms with E-state index in [2.05, 4.69) is 53.4 Å². The van der Waals surface area contributed by atoms with Crippen LogP contribution in [-0.4, -0.2) is 17.1 Å². The van der Waals surface area contributed by atoms with Gasteiger partial charge in [-0.1, -0.05) is 66.7 Å². The maximum absolute atomic E-state index is 9.22. The van der Waals surface area contributed by atoms with Gasteiger partial charge in [-0.2, -0.15) is 0 Å². The van der Waals surface area contributed by atoms with E-state index in [0.717, 1.165) is 30.9 Å². The second kappa shape index (κ2) is 9.18. The van der Waals surface area contributed by atoms with Crippen molar-refractivity contribution in [1.29, 1.82) is 0 Å². The van der Waals surface area contributed by atoms with E-state index in [4.69, 9.17) is 4.74 Å². The summed E-state index contributed by atoms with van der Waals surface area (Å²) in [6.45, 7) is 2.68. The summed E-state index contributed by atoms with van der Waals surface area (Å²) < 4.78 is 5.25. The Balaban J connectivity index is 1.75. The van der Waals surface area contributed by atoms with Crippen LogP contribution in [0.4, 0.5) is 0 Å². The van der Waals surface area contributed by atoms with E-state index >= 15 is 0 Å². The molecule has 1 N–H and O–H groups in total. The molecule has 0 unspecified atom stereocenters. The van der Waals surface area contributed by atoms with Crippen LogP contribution in [-0.2, 0) is 26.2 Å². The molecule has 0 fully saturated rings. The zero-order valence-electron chi connectivity index (χ0n) is 15.1. The second-order valence-corrected chi connectivity index (χ2v) is 6.45. The number of aliphatic hydroxyl groups excluding tert-OH is 1. The van der Waals surface area contributed by atoms with Crippen molar-refractivity contribution in [1.82, 2.24) is 4.90 Å². The van der Waals surface area contributed by atoms with Gasteiger partial charge in [0.1, 0.15) is 5.75 Å². The van der Waals surface area contributed by atoms with E-state index in [1.807, 2.05) is 30.3 Å². The summed E-state index contributed by atoms with van der Waals surface area (Å²) in [6, 6.07) is 26.9.